The molecule has 4 rings (SSSR count). The van der Waals surface area contributed by atoms with Gasteiger partial charge in [-0.3, -0.25) is 43.3 Å². The fourth-order valence-electron chi connectivity index (χ4n) is 13.9. The van der Waals surface area contributed by atoms with Gasteiger partial charge in [0.2, 0.25) is 35.4 Å². The number of aliphatic hydroxyl groups is 12. The number of hydrogen-bond donors (Lipinski definition) is 18. The third-order valence-corrected chi connectivity index (χ3v) is 22.4. The van der Waals surface area contributed by atoms with Crippen molar-refractivity contribution in [3.8, 4) is 0 Å². The lowest BCUT2D eigenvalue weighted by Crippen LogP contribution is -2.57. The average Bonchev–Trinajstić information content (AvgIpc) is 0.840. The fraction of sp³-hybridized carbons (Fsp3) is 0.913. The molecule has 149 heavy (non-hydrogen) atoms. The first-order chi connectivity index (χ1) is 71.9. The van der Waals surface area contributed by atoms with Gasteiger partial charge >= 0.3 is 11.9 Å². The predicted molar refractivity (Wildman–Crippen MR) is 509 cm³/mol. The van der Waals surface area contributed by atoms with E-state index in [2.05, 4.69) is 21.3 Å². The van der Waals surface area contributed by atoms with Gasteiger partial charge in [-0.05, 0) is 27.7 Å². The normalized spacial score (nSPS) is 24.2. The lowest BCUT2D eigenvalue weighted by molar-refractivity contribution is -0.294. The Bertz CT molecular complexity index is 3210. The number of carbonyl (C=O) groups is 8. The summed E-state index contributed by atoms with van der Waals surface area (Å²) in [7, 11) is 0. The molecular weight excluding hydrogens is 2000 g/mol. The van der Waals surface area contributed by atoms with Crippen LogP contribution in [0.5, 0.6) is 0 Å². The Morgan fingerprint density at radius 3 is 0.624 bits per heavy atom. The van der Waals surface area contributed by atoms with Gasteiger partial charge in [-0.25, -0.2) is 0 Å². The van der Waals surface area contributed by atoms with Crippen LogP contribution in [0.4, 0.5) is 0 Å². The molecule has 57 nitrogen and oxygen atoms in total. The minimum absolute atomic E-state index is 0.0222. The molecule has 0 aromatic rings. The molecule has 0 aromatic heterocycles. The number of carbonyl (C=O) groups excluding carboxylic acids is 6. The number of amides is 6. The van der Waals surface area contributed by atoms with E-state index in [1.807, 2.05) is 0 Å². The summed E-state index contributed by atoms with van der Waals surface area (Å²) in [5, 5.41) is 151. The molecular formula is C92H169N7O50. The zero-order valence-corrected chi connectivity index (χ0v) is 86.1. The summed E-state index contributed by atoms with van der Waals surface area (Å²) < 4.78 is 156. The Labute approximate surface area is 867 Å². The van der Waals surface area contributed by atoms with E-state index in [0.717, 1.165) is 4.90 Å². The first-order valence-corrected chi connectivity index (χ1v) is 50.5. The number of carboxylic acid groups (broad SMARTS) is 2. The minimum atomic E-state index is -1.69. The maximum absolute atomic E-state index is 15.1. The monoisotopic (exact) mass is 2170 g/mol. The largest absolute Gasteiger partial charge is 0.480 e. The van der Waals surface area contributed by atoms with Gasteiger partial charge < -0.3 is 235 Å². The highest BCUT2D eigenvalue weighted by atomic mass is 16.7. The van der Waals surface area contributed by atoms with Crippen LogP contribution in [0.2, 0.25) is 0 Å². The van der Waals surface area contributed by atoms with Crippen LogP contribution in [-0.4, -0.2) is 619 Å². The van der Waals surface area contributed by atoms with Crippen molar-refractivity contribution in [2.24, 2.45) is 0 Å². The van der Waals surface area contributed by atoms with Crippen LogP contribution in [-0.2, 0) is 171 Å². The molecule has 57 heteroatoms. The predicted octanol–water partition coefficient (Wildman–Crippen LogP) is -10.4. The number of aliphatic carboxylic acids is 2. The highest BCUT2D eigenvalue weighted by molar-refractivity contribution is 5.89. The molecule has 21 atom stereocenters. The lowest BCUT2D eigenvalue weighted by Gasteiger charge is -2.38. The summed E-state index contributed by atoms with van der Waals surface area (Å²) in [6.45, 7) is 9.32. The van der Waals surface area contributed by atoms with E-state index >= 15 is 4.79 Å². The zero-order valence-electron chi connectivity index (χ0n) is 86.1. The van der Waals surface area contributed by atoms with Crippen molar-refractivity contribution in [3.63, 3.8) is 0 Å². The second-order valence-electron chi connectivity index (χ2n) is 34.0. The molecule has 872 valence electrons. The summed E-state index contributed by atoms with van der Waals surface area (Å²) in [5.41, 5.74) is 0. The molecule has 4 saturated heterocycles. The van der Waals surface area contributed by atoms with E-state index in [-0.39, 0.29) is 392 Å². The standard InChI is InChI=1S/C92H169N7O50/c1-64-76(109)80(113)84(117)89(146-64)142-57-53-126-21-9-93-69(100)5-17-122-29-37-134-45-49-138-41-33-130-25-13-97(14-26-131-34-42-139-50-46-135-38-30-123-18-6-70(101)94-10-22-127-54-58-143-90-85(118)81(114)77(110)65(2)147-90)73(104)61-68(99(62-74(105)106)63-75(107)108)88(121)98(15-27-132-35-43-140-51-47-136-39-31-124-19-7-71(102)95-11-23-128-55-59-144-91-86(119)82(115)78(111)66(3)148-91)16-28-133-36-44-141-52-48-137-40-32-125-20-8-72(103)96-12-24-129-56-60-145-92-87(120)83(116)79(112)67(4)149-92/h64-68,76-87,89-92,109-120H,5-63H2,1-4H3,(H,93,100)(H,94,101)(H,95,102)(H,96,103)(H,105,106)(H,107,108)/t64-,65-,66-,67-,68-,76-,77-,78-,79-,80+,81+,82+,83+,84+,85+,86+,87+,89+,90+,91+,92+/m0/s1. The molecule has 0 bridgehead atoms. The van der Waals surface area contributed by atoms with E-state index in [1.165, 1.54) is 37.5 Å². The van der Waals surface area contributed by atoms with E-state index in [0.29, 0.717) is 0 Å². The van der Waals surface area contributed by atoms with Crippen LogP contribution in [0, 0.1) is 0 Å². The molecule has 4 aliphatic rings. The summed E-state index contributed by atoms with van der Waals surface area (Å²) in [4.78, 5) is 108. The molecule has 0 aromatic carbocycles. The Morgan fingerprint density at radius 2 is 0.416 bits per heavy atom. The first kappa shape index (κ1) is 135. The summed E-state index contributed by atoms with van der Waals surface area (Å²) in [5.74, 6) is -5.61. The topological polar surface area (TPSA) is 736 Å². The molecule has 4 fully saturated rings. The van der Waals surface area contributed by atoms with Crippen molar-refractivity contribution in [2.75, 3.05) is 356 Å². The Balaban J connectivity index is 1.26. The number of aliphatic hydroxyl groups excluding tert-OH is 12. The van der Waals surface area contributed by atoms with Crippen molar-refractivity contribution >= 4 is 47.4 Å². The van der Waals surface area contributed by atoms with E-state index < -0.39 is 172 Å². The third kappa shape index (κ3) is 63.2. The summed E-state index contributed by atoms with van der Waals surface area (Å²) in [6, 6.07) is -1.69. The minimum Gasteiger partial charge on any atom is -0.480 e. The van der Waals surface area contributed by atoms with Gasteiger partial charge in [-0.2, -0.15) is 0 Å². The van der Waals surface area contributed by atoms with Crippen LogP contribution >= 0.6 is 0 Å². The number of ether oxygens (including phenoxy) is 28. The number of nitrogens with zero attached hydrogens (tertiary/aromatic N) is 3. The maximum atomic E-state index is 15.1. The molecule has 6 amide bonds. The van der Waals surface area contributed by atoms with Gasteiger partial charge in [0.25, 0.3) is 0 Å². The second-order valence-corrected chi connectivity index (χ2v) is 34.0. The maximum Gasteiger partial charge on any atom is 0.317 e. The van der Waals surface area contributed by atoms with Crippen molar-refractivity contribution in [2.45, 2.75) is 189 Å². The first-order valence-electron chi connectivity index (χ1n) is 50.5. The fourth-order valence-corrected chi connectivity index (χ4v) is 13.9. The molecule has 18 N–H and O–H groups in total. The Morgan fingerprint density at radius 1 is 0.235 bits per heavy atom. The van der Waals surface area contributed by atoms with Crippen molar-refractivity contribution < 1.29 is 242 Å². The molecule has 0 aliphatic carbocycles. The Kier molecular flexibility index (Phi) is 78.4. The van der Waals surface area contributed by atoms with Gasteiger partial charge in [0.1, 0.15) is 73.2 Å². The van der Waals surface area contributed by atoms with Crippen LogP contribution in [0.3, 0.4) is 0 Å². The molecule has 4 heterocycles. The second kappa shape index (κ2) is 86.3. The van der Waals surface area contributed by atoms with Crippen molar-refractivity contribution in [1.82, 2.24) is 36.0 Å². The SMILES string of the molecule is C[C@@H]1O[C@@H](OCCOCCNC(=O)CCOCCOCCOCCOCCN(CCOCCOCCOCCOCCC(=O)NCCOCCO[C@@H]2O[C@@H](C)[C@H](O)[C@@H](O)[C@H]2O)C(=O)C[C@@H](C(=O)N(CCOCCOCCOCCOCCC(=O)NCCOCCO[C@@H]2O[C@@H](C)[C@H](O)[C@@H](O)[C@H]2O)CCOCCOCCOCCOCCC(=O)NCCOCCO[C@@H]2O[C@@H](C)[C@H](O)[C@@H](O)[C@H]2O)N(CC(=O)O)CC(=O)O)[C@H](O)[C@H](O)[C@H]1O. The van der Waals surface area contributed by atoms with Gasteiger partial charge in [-0.15, -0.1) is 0 Å². The van der Waals surface area contributed by atoms with Gasteiger partial charge in [-0.1, -0.05) is 0 Å². The highest BCUT2D eigenvalue weighted by Gasteiger charge is 2.47. The summed E-state index contributed by atoms with van der Waals surface area (Å²) >= 11 is 0. The molecule has 0 unspecified atom stereocenters. The van der Waals surface area contributed by atoms with Gasteiger partial charge in [0.15, 0.2) is 25.2 Å². The third-order valence-electron chi connectivity index (χ3n) is 22.4. The van der Waals surface area contributed by atoms with Crippen molar-refractivity contribution in [3.05, 3.63) is 0 Å². The number of hydrogen-bond acceptors (Lipinski definition) is 49. The van der Waals surface area contributed by atoms with Gasteiger partial charge in [0, 0.05) is 78.0 Å². The smallest absolute Gasteiger partial charge is 0.317 e. The quantitative estimate of drug-likeness (QED) is 0.0251. The Hall–Kier alpha value is -5.88. The number of rotatable bonds is 96. The van der Waals surface area contributed by atoms with Crippen LogP contribution < -0.4 is 21.3 Å². The molecule has 0 saturated carbocycles. The zero-order chi connectivity index (χ0) is 109. The van der Waals surface area contributed by atoms with Gasteiger partial charge in [0.05, 0.1) is 341 Å². The average molecular weight is 2170 g/mol. The van der Waals surface area contributed by atoms with Crippen LogP contribution in [0.25, 0.3) is 0 Å². The highest BCUT2D eigenvalue weighted by Crippen LogP contribution is 2.26. The van der Waals surface area contributed by atoms with E-state index in [1.54, 1.807) is 0 Å². The molecule has 0 spiro atoms. The number of nitrogens with one attached hydrogen (secondary N) is 4. The van der Waals surface area contributed by atoms with Crippen molar-refractivity contribution in [1.29, 1.82) is 0 Å². The summed E-state index contributed by atoms with van der Waals surface area (Å²) in [6.07, 6.45) is -24.5. The molecule has 4 aliphatic heterocycles. The van der Waals surface area contributed by atoms with E-state index in [9.17, 15) is 105 Å². The lowest BCUT2D eigenvalue weighted by atomic mass is 10.0. The van der Waals surface area contributed by atoms with E-state index in [4.69, 9.17) is 133 Å². The van der Waals surface area contributed by atoms with Crippen LogP contribution in [0.1, 0.15) is 59.8 Å². The molecule has 0 radical (unpaired) electrons. The number of carboxylic acids is 2. The van der Waals surface area contributed by atoms with Crippen LogP contribution in [0.15, 0.2) is 0 Å².